The molecular weight excluding hydrogens is 635 g/mol. The molecule has 2 aliphatic rings. The summed E-state index contributed by atoms with van der Waals surface area (Å²) in [5.74, 6) is 1.46. The van der Waals surface area contributed by atoms with E-state index in [-0.39, 0.29) is 24.2 Å². The molecule has 1 saturated heterocycles. The summed E-state index contributed by atoms with van der Waals surface area (Å²) < 4.78 is 24.6. The maximum atomic E-state index is 14.5. The summed E-state index contributed by atoms with van der Waals surface area (Å²) in [5, 5.41) is 29.5. The van der Waals surface area contributed by atoms with Gasteiger partial charge in [-0.1, -0.05) is 45.0 Å². The largest absolute Gasteiger partial charge is 0.484 e. The molecular formula is C38H45FN8O3. The van der Waals surface area contributed by atoms with Gasteiger partial charge >= 0.3 is 6.03 Å². The second kappa shape index (κ2) is 13.4. The maximum absolute atomic E-state index is 14.5. The molecule has 0 radical (unpaired) electrons. The number of nitrogens with one attached hydrogen (secondary N) is 2. The highest BCUT2D eigenvalue weighted by Crippen LogP contribution is 2.39. The van der Waals surface area contributed by atoms with Gasteiger partial charge in [0, 0.05) is 23.6 Å². The molecule has 0 spiro atoms. The maximum Gasteiger partial charge on any atom is 0.320 e. The minimum atomic E-state index is -0.501. The molecule has 1 aliphatic carbocycles. The minimum Gasteiger partial charge on any atom is -0.484 e. The Morgan fingerprint density at radius 3 is 2.48 bits per heavy atom. The van der Waals surface area contributed by atoms with E-state index in [9.17, 15) is 14.3 Å². The van der Waals surface area contributed by atoms with Crippen LogP contribution in [0.4, 0.5) is 21.0 Å². The van der Waals surface area contributed by atoms with E-state index < -0.39 is 11.8 Å². The zero-order valence-electron chi connectivity index (χ0n) is 29.2. The molecule has 2 aromatic carbocycles. The van der Waals surface area contributed by atoms with E-state index in [0.29, 0.717) is 42.0 Å². The molecule has 2 unspecified atom stereocenters. The molecule has 11 nitrogen and oxygen atoms in total. The number of carbonyl (C=O) groups is 1. The SMILES string of the molecule is CC1CCC[C@H](C)N1c1nnc2ccc(O[C@@H]3CCC(NC(=O)Nc4cc(C(C)(C)C)nn4-c4cc(F)cc(CO)c4)c4ccccc43)cn12. The Labute approximate surface area is 291 Å². The van der Waals surface area contributed by atoms with Gasteiger partial charge in [-0.2, -0.15) is 5.10 Å². The number of anilines is 2. The van der Waals surface area contributed by atoms with Crippen molar-refractivity contribution in [3.63, 3.8) is 0 Å². The lowest BCUT2D eigenvalue weighted by Crippen LogP contribution is -2.44. The standard InChI is InChI=1S/C38H45FN8O3/c1-23-9-8-10-24(2)46(23)37-43-42-34-16-13-28(21-45(34)37)50-32-15-14-31(29-11-6-7-12-30(29)32)40-36(49)41-35-20-33(38(3,4)5)44-47(35)27-18-25(22-48)17-26(39)19-27/h6-7,11-13,16-21,23-24,31-32,48H,8-10,14-15,22H2,1-5H3,(H2,40,41,49)/t23-,24?,31?,32+/m0/s1. The van der Waals surface area contributed by atoms with Crippen LogP contribution in [0.25, 0.3) is 11.3 Å². The van der Waals surface area contributed by atoms with E-state index in [0.717, 1.165) is 47.0 Å². The monoisotopic (exact) mass is 680 g/mol. The molecule has 1 fully saturated rings. The third kappa shape index (κ3) is 6.64. The average molecular weight is 681 g/mol. The van der Waals surface area contributed by atoms with Crippen molar-refractivity contribution in [2.45, 2.75) is 103 Å². The number of urea groups is 1. The number of nitrogens with zero attached hydrogens (tertiary/aromatic N) is 6. The first-order valence-electron chi connectivity index (χ1n) is 17.5. The number of aromatic nitrogens is 5. The van der Waals surface area contributed by atoms with Crippen LogP contribution in [0.5, 0.6) is 5.75 Å². The number of hydrogen-bond donors (Lipinski definition) is 3. The first-order chi connectivity index (χ1) is 24.0. The zero-order valence-corrected chi connectivity index (χ0v) is 29.2. The number of carbonyl (C=O) groups excluding carboxylic acids is 1. The molecule has 1 aliphatic heterocycles. The number of aliphatic hydroxyl groups excluding tert-OH is 1. The number of pyridine rings is 1. The van der Waals surface area contributed by atoms with Gasteiger partial charge in [-0.05, 0) is 93.0 Å². The molecule has 4 heterocycles. The molecule has 5 aromatic rings. The summed E-state index contributed by atoms with van der Waals surface area (Å²) in [4.78, 5) is 15.9. The summed E-state index contributed by atoms with van der Waals surface area (Å²) in [5.41, 5.74) is 3.99. The predicted octanol–water partition coefficient (Wildman–Crippen LogP) is 7.39. The highest BCUT2D eigenvalue weighted by Gasteiger charge is 2.31. The van der Waals surface area contributed by atoms with Crippen LogP contribution < -0.4 is 20.3 Å². The fourth-order valence-electron chi connectivity index (χ4n) is 7.30. The van der Waals surface area contributed by atoms with Crippen molar-refractivity contribution in [2.75, 3.05) is 10.2 Å². The van der Waals surface area contributed by atoms with E-state index in [2.05, 4.69) is 45.6 Å². The first-order valence-corrected chi connectivity index (χ1v) is 17.5. The van der Waals surface area contributed by atoms with Gasteiger partial charge in [-0.15, -0.1) is 10.2 Å². The number of fused-ring (bicyclic) bond motifs is 2. The fraction of sp³-hybridized carbons (Fsp3) is 0.421. The van der Waals surface area contributed by atoms with Crippen molar-refractivity contribution in [2.24, 2.45) is 0 Å². The normalized spacial score (nSPS) is 20.8. The first kappa shape index (κ1) is 33.5. The van der Waals surface area contributed by atoms with E-state index in [1.54, 1.807) is 12.1 Å². The van der Waals surface area contributed by atoms with Crippen molar-refractivity contribution < 1.29 is 19.0 Å². The van der Waals surface area contributed by atoms with Crippen LogP contribution in [0, 0.1) is 5.82 Å². The number of piperidine rings is 1. The Kier molecular flexibility index (Phi) is 8.98. The topological polar surface area (TPSA) is 122 Å². The lowest BCUT2D eigenvalue weighted by atomic mass is 9.85. The van der Waals surface area contributed by atoms with Crippen LogP contribution in [0.3, 0.4) is 0 Å². The van der Waals surface area contributed by atoms with Crippen molar-refractivity contribution in [1.29, 1.82) is 0 Å². The lowest BCUT2D eigenvalue weighted by Gasteiger charge is -2.39. The summed E-state index contributed by atoms with van der Waals surface area (Å²) in [6.07, 6.45) is 6.59. The van der Waals surface area contributed by atoms with Gasteiger partial charge < -0.3 is 20.1 Å². The molecule has 0 bridgehead atoms. The van der Waals surface area contributed by atoms with Gasteiger partial charge in [0.15, 0.2) is 5.65 Å². The Morgan fingerprint density at radius 1 is 0.980 bits per heavy atom. The molecule has 3 aromatic heterocycles. The van der Waals surface area contributed by atoms with Gasteiger partial charge in [-0.25, -0.2) is 13.9 Å². The van der Waals surface area contributed by atoms with E-state index in [4.69, 9.17) is 9.84 Å². The zero-order chi connectivity index (χ0) is 35.2. The second-order valence-electron chi connectivity index (χ2n) is 14.6. The average Bonchev–Trinajstić information content (AvgIpc) is 3.70. The van der Waals surface area contributed by atoms with Gasteiger partial charge in [0.05, 0.1) is 30.2 Å². The van der Waals surface area contributed by atoms with E-state index in [1.165, 1.54) is 23.2 Å². The Hall–Kier alpha value is -4.97. The summed E-state index contributed by atoms with van der Waals surface area (Å²) in [6.45, 7) is 10.2. The number of halogens is 1. The second-order valence-corrected chi connectivity index (χ2v) is 14.6. The number of amides is 2. The Bertz CT molecular complexity index is 2010. The number of hydrogen-bond acceptors (Lipinski definition) is 7. The molecule has 0 saturated carbocycles. The summed E-state index contributed by atoms with van der Waals surface area (Å²) >= 11 is 0. The number of rotatable bonds is 7. The molecule has 262 valence electrons. The van der Waals surface area contributed by atoms with Gasteiger partial charge in [0.1, 0.15) is 23.5 Å². The quantitative estimate of drug-likeness (QED) is 0.164. The van der Waals surface area contributed by atoms with Gasteiger partial charge in [0.2, 0.25) is 5.95 Å². The number of ether oxygens (including phenoxy) is 1. The van der Waals surface area contributed by atoms with Crippen molar-refractivity contribution in [1.82, 2.24) is 29.7 Å². The highest BCUT2D eigenvalue weighted by atomic mass is 19.1. The third-order valence-corrected chi connectivity index (χ3v) is 9.89. The smallest absolute Gasteiger partial charge is 0.320 e. The summed E-state index contributed by atoms with van der Waals surface area (Å²) in [6, 6.07) is 18.1. The molecule has 50 heavy (non-hydrogen) atoms. The van der Waals surface area contributed by atoms with Gasteiger partial charge in [-0.3, -0.25) is 9.72 Å². The molecule has 12 heteroatoms. The Balaban J connectivity index is 1.10. The van der Waals surface area contributed by atoms with Crippen molar-refractivity contribution >= 4 is 23.4 Å². The van der Waals surface area contributed by atoms with Crippen molar-refractivity contribution in [3.8, 4) is 11.4 Å². The van der Waals surface area contributed by atoms with Gasteiger partial charge in [0.25, 0.3) is 0 Å². The Morgan fingerprint density at radius 2 is 1.74 bits per heavy atom. The van der Waals surface area contributed by atoms with Crippen molar-refractivity contribution in [3.05, 3.63) is 95.1 Å². The number of benzene rings is 2. The highest BCUT2D eigenvalue weighted by molar-refractivity contribution is 5.89. The molecule has 3 N–H and O–H groups in total. The van der Waals surface area contributed by atoms with Crippen LogP contribution >= 0.6 is 0 Å². The predicted molar refractivity (Wildman–Crippen MR) is 190 cm³/mol. The van der Waals surface area contributed by atoms with Crippen LogP contribution in [0.1, 0.15) is 101 Å². The third-order valence-electron chi connectivity index (χ3n) is 9.89. The summed E-state index contributed by atoms with van der Waals surface area (Å²) in [7, 11) is 0. The van der Waals surface area contributed by atoms with Crippen LogP contribution in [0.2, 0.25) is 0 Å². The molecule has 4 atom stereocenters. The van der Waals surface area contributed by atoms with Crippen LogP contribution in [-0.4, -0.2) is 47.6 Å². The minimum absolute atomic E-state index is 0.206. The lowest BCUT2D eigenvalue weighted by molar-refractivity contribution is 0.171. The van der Waals surface area contributed by atoms with Crippen LogP contribution in [-0.2, 0) is 12.0 Å². The number of aliphatic hydroxyl groups is 1. The molecule has 2 amide bonds. The fourth-order valence-corrected chi connectivity index (χ4v) is 7.30. The molecule has 7 rings (SSSR count). The van der Waals surface area contributed by atoms with Crippen LogP contribution in [0.15, 0.2) is 66.9 Å². The van der Waals surface area contributed by atoms with E-state index in [1.807, 2.05) is 61.7 Å². The van der Waals surface area contributed by atoms with E-state index >= 15 is 0 Å².